The lowest BCUT2D eigenvalue weighted by atomic mass is 9.64. The predicted octanol–water partition coefficient (Wildman–Crippen LogP) is 6.40. The minimum Gasteiger partial charge on any atom is -0.201 e. The van der Waals surface area contributed by atoms with Gasteiger partial charge in [0.1, 0.15) is 7.05 Å². The average Bonchev–Trinajstić information content (AvgIpc) is 2.53. The summed E-state index contributed by atoms with van der Waals surface area (Å²) in [5.41, 5.74) is 4.57. The maximum Gasteiger partial charge on any atom is 0.212 e. The monoisotopic (exact) mass is 354 g/mol. The van der Waals surface area contributed by atoms with Gasteiger partial charge in [0.2, 0.25) is 5.69 Å². The Morgan fingerprint density at radius 2 is 1.54 bits per heavy atom. The Morgan fingerprint density at radius 3 is 2.04 bits per heavy atom. The maximum atomic E-state index is 9.08. The molecular weight excluding hydrogens is 314 g/mol. The summed E-state index contributed by atoms with van der Waals surface area (Å²) in [7, 11) is 2.07. The third kappa shape index (κ3) is 4.19. The number of nitrogens with zero attached hydrogens (tertiary/aromatic N) is 1. The maximum absolute atomic E-state index is 9.08. The molecule has 0 aliphatic rings. The molecule has 0 fully saturated rings. The highest BCUT2D eigenvalue weighted by Gasteiger charge is 2.38. The zero-order valence-corrected chi connectivity index (χ0v) is 18.4. The fraction of sp³-hybridized carbons (Fsp3) is 0.560. The first-order valence-corrected chi connectivity index (χ1v) is 9.62. The number of pyridine rings is 1. The zero-order chi connectivity index (χ0) is 21.7. The fourth-order valence-corrected chi connectivity index (χ4v) is 3.19. The highest BCUT2D eigenvalue weighted by atomic mass is 14.9. The largest absolute Gasteiger partial charge is 0.212 e. The van der Waals surface area contributed by atoms with E-state index in [-0.39, 0.29) is 10.8 Å². The summed E-state index contributed by atoms with van der Waals surface area (Å²) in [6, 6.07) is 10.4. The topological polar surface area (TPSA) is 3.88 Å². The second-order valence-electron chi connectivity index (χ2n) is 10.2. The van der Waals surface area contributed by atoms with Gasteiger partial charge in [0.15, 0.2) is 6.20 Å². The molecule has 0 aliphatic heterocycles. The number of aryl methyl sites for hydroxylation is 2. The van der Waals surface area contributed by atoms with Gasteiger partial charge in [-0.2, -0.15) is 0 Å². The van der Waals surface area contributed by atoms with Crippen molar-refractivity contribution in [2.75, 3.05) is 0 Å². The van der Waals surface area contributed by atoms with Crippen molar-refractivity contribution in [2.24, 2.45) is 17.9 Å². The summed E-state index contributed by atoms with van der Waals surface area (Å²) < 4.78 is 20.3. The van der Waals surface area contributed by atoms with Gasteiger partial charge in [-0.1, -0.05) is 73.6 Å². The zero-order valence-electron chi connectivity index (χ0n) is 20.4. The normalized spacial score (nSPS) is 14.8. The Labute approximate surface area is 164 Å². The van der Waals surface area contributed by atoms with Crippen molar-refractivity contribution in [3.05, 3.63) is 53.2 Å². The Kier molecular flexibility index (Phi) is 4.67. The SMILES string of the molecule is [2H]C([2H])(c1cc(-c2ccccc2C)[n+](C)cc1C(C)(C)C(C)(C)C)C(C)(C)C. The quantitative estimate of drug-likeness (QED) is 0.562. The summed E-state index contributed by atoms with van der Waals surface area (Å²) in [5.74, 6) is 0. The molecule has 0 radical (unpaired) electrons. The minimum absolute atomic E-state index is 0.00705. The van der Waals surface area contributed by atoms with Gasteiger partial charge in [-0.05, 0) is 41.3 Å². The number of rotatable bonds is 3. The number of hydrogen-bond acceptors (Lipinski definition) is 0. The van der Waals surface area contributed by atoms with Gasteiger partial charge in [0.25, 0.3) is 0 Å². The van der Waals surface area contributed by atoms with Gasteiger partial charge in [-0.3, -0.25) is 0 Å². The van der Waals surface area contributed by atoms with Crippen molar-refractivity contribution in [3.8, 4) is 11.3 Å². The molecule has 26 heavy (non-hydrogen) atoms. The van der Waals surface area contributed by atoms with Crippen LogP contribution in [0.2, 0.25) is 0 Å². The van der Waals surface area contributed by atoms with Gasteiger partial charge in [0.05, 0.1) is 0 Å². The third-order valence-electron chi connectivity index (χ3n) is 5.75. The van der Waals surface area contributed by atoms with Crippen molar-refractivity contribution >= 4 is 0 Å². The van der Waals surface area contributed by atoms with E-state index in [1.165, 1.54) is 5.56 Å². The fourth-order valence-electron chi connectivity index (χ4n) is 3.19. The van der Waals surface area contributed by atoms with Crippen LogP contribution < -0.4 is 4.57 Å². The van der Waals surface area contributed by atoms with E-state index in [0.717, 1.165) is 22.4 Å². The highest BCUT2D eigenvalue weighted by Crippen LogP contribution is 2.43. The molecule has 0 aliphatic carbocycles. The van der Waals surface area contributed by atoms with Crippen molar-refractivity contribution < 1.29 is 7.31 Å². The van der Waals surface area contributed by atoms with Crippen LogP contribution in [0, 0.1) is 17.8 Å². The first kappa shape index (κ1) is 17.8. The average molecular weight is 355 g/mol. The summed E-state index contributed by atoms with van der Waals surface area (Å²) in [4.78, 5) is 0. The van der Waals surface area contributed by atoms with Crippen LogP contribution >= 0.6 is 0 Å². The van der Waals surface area contributed by atoms with Crippen LogP contribution in [-0.2, 0) is 18.8 Å². The van der Waals surface area contributed by atoms with Crippen LogP contribution in [0.15, 0.2) is 36.5 Å². The molecule has 1 heteroatoms. The molecule has 0 N–H and O–H groups in total. The molecule has 1 heterocycles. The van der Waals surface area contributed by atoms with Crippen molar-refractivity contribution in [3.63, 3.8) is 0 Å². The van der Waals surface area contributed by atoms with Crippen LogP contribution in [0.3, 0.4) is 0 Å². The molecule has 0 atom stereocenters. The molecule has 0 saturated carbocycles. The first-order chi connectivity index (χ1) is 12.5. The van der Waals surface area contributed by atoms with Gasteiger partial charge in [-0.15, -0.1) is 0 Å². The van der Waals surface area contributed by atoms with E-state index in [1.807, 2.05) is 32.9 Å². The third-order valence-corrected chi connectivity index (χ3v) is 5.75. The highest BCUT2D eigenvalue weighted by molar-refractivity contribution is 5.62. The van der Waals surface area contributed by atoms with Crippen molar-refractivity contribution in [2.45, 2.75) is 74.1 Å². The molecule has 0 unspecified atom stereocenters. The molecule has 1 aromatic carbocycles. The molecule has 142 valence electrons. The summed E-state index contributed by atoms with van der Waals surface area (Å²) >= 11 is 0. The van der Waals surface area contributed by atoms with Crippen molar-refractivity contribution in [1.29, 1.82) is 0 Å². The number of hydrogen-bond donors (Lipinski definition) is 0. The van der Waals surface area contributed by atoms with E-state index in [2.05, 4.69) is 77.6 Å². The van der Waals surface area contributed by atoms with Crippen LogP contribution in [0.1, 0.15) is 74.8 Å². The van der Waals surface area contributed by atoms with E-state index >= 15 is 0 Å². The van der Waals surface area contributed by atoms with Gasteiger partial charge >= 0.3 is 0 Å². The first-order valence-electron chi connectivity index (χ1n) is 10.6. The van der Waals surface area contributed by atoms with E-state index in [0.29, 0.717) is 0 Å². The molecule has 2 rings (SSSR count). The van der Waals surface area contributed by atoms with E-state index < -0.39 is 11.8 Å². The summed E-state index contributed by atoms with van der Waals surface area (Å²) in [5, 5.41) is 0. The van der Waals surface area contributed by atoms with E-state index in [4.69, 9.17) is 2.74 Å². The van der Waals surface area contributed by atoms with Crippen LogP contribution in [0.25, 0.3) is 11.3 Å². The number of aromatic nitrogens is 1. The lowest BCUT2D eigenvalue weighted by molar-refractivity contribution is -0.661. The summed E-state index contributed by atoms with van der Waals surface area (Å²) in [6.45, 7) is 19.2. The van der Waals surface area contributed by atoms with Gasteiger partial charge < -0.3 is 0 Å². The molecule has 0 amide bonds. The number of benzene rings is 1. The second-order valence-corrected chi connectivity index (χ2v) is 10.2. The molecule has 0 saturated heterocycles. The Hall–Kier alpha value is -1.63. The smallest absolute Gasteiger partial charge is 0.201 e. The molecule has 0 spiro atoms. The van der Waals surface area contributed by atoms with E-state index in [9.17, 15) is 0 Å². The van der Waals surface area contributed by atoms with Crippen LogP contribution in [-0.4, -0.2) is 0 Å². The van der Waals surface area contributed by atoms with Gasteiger partial charge in [0, 0.05) is 25.3 Å². The second kappa shape index (κ2) is 6.83. The lowest BCUT2D eigenvalue weighted by Crippen LogP contribution is -2.40. The summed E-state index contributed by atoms with van der Waals surface area (Å²) in [6.07, 6.45) is 0.697. The Balaban J connectivity index is 2.93. The molecule has 1 nitrogen and oxygen atoms in total. The Bertz CT molecular complexity index is 865. The standard InChI is InChI=1S/C25H38N/c1-18-13-11-12-14-20(18)22-15-19(16-23(2,3)4)21(17-26(22)10)25(8,9)24(5,6)7/h11-15,17H,16H2,1-10H3/q+1/i16D2. The van der Waals surface area contributed by atoms with E-state index in [1.54, 1.807) is 0 Å². The van der Waals surface area contributed by atoms with Crippen molar-refractivity contribution in [1.82, 2.24) is 0 Å². The Morgan fingerprint density at radius 1 is 0.962 bits per heavy atom. The van der Waals surface area contributed by atoms with Crippen LogP contribution in [0.4, 0.5) is 0 Å². The molecule has 0 bridgehead atoms. The molecule has 2 aromatic rings. The molecular formula is C25H38N+. The van der Waals surface area contributed by atoms with Crippen LogP contribution in [0.5, 0.6) is 0 Å². The van der Waals surface area contributed by atoms with Gasteiger partial charge in [-0.25, -0.2) is 4.57 Å². The minimum atomic E-state index is -1.46. The molecule has 1 aromatic heterocycles. The lowest BCUT2D eigenvalue weighted by Gasteiger charge is -2.40. The predicted molar refractivity (Wildman–Crippen MR) is 113 cm³/mol.